The highest BCUT2D eigenvalue weighted by Gasteiger charge is 2.31. The molecule has 0 atom stereocenters. The first-order chi connectivity index (χ1) is 22.4. The molecule has 0 unspecified atom stereocenters. The Morgan fingerprint density at radius 1 is 0.936 bits per heavy atom. The molecule has 0 fully saturated rings. The van der Waals surface area contributed by atoms with E-state index in [1.165, 1.54) is 36.6 Å². The van der Waals surface area contributed by atoms with Crippen LogP contribution >= 0.6 is 11.3 Å². The van der Waals surface area contributed by atoms with Crippen molar-refractivity contribution in [2.75, 3.05) is 30.9 Å². The van der Waals surface area contributed by atoms with Gasteiger partial charge in [0.1, 0.15) is 11.6 Å². The first-order valence-corrected chi connectivity index (χ1v) is 14.7. The van der Waals surface area contributed by atoms with E-state index in [4.69, 9.17) is 9.47 Å². The lowest BCUT2D eigenvalue weighted by Crippen LogP contribution is -2.31. The molecule has 2 N–H and O–H groups in total. The summed E-state index contributed by atoms with van der Waals surface area (Å²) in [6.07, 6.45) is -1.54. The largest absolute Gasteiger partial charge is 0.453 e. The van der Waals surface area contributed by atoms with Gasteiger partial charge in [-0.1, -0.05) is 6.07 Å². The van der Waals surface area contributed by atoms with Gasteiger partial charge in [0.15, 0.2) is 11.6 Å². The average molecular weight is 672 g/mol. The van der Waals surface area contributed by atoms with E-state index in [2.05, 4.69) is 15.3 Å². The number of urea groups is 1. The maximum Gasteiger partial charge on any atom is 0.416 e. The Morgan fingerprint density at radius 2 is 1.74 bits per heavy atom. The molecule has 0 aliphatic rings. The number of hydrogen-bond donors (Lipinski definition) is 2. The molecule has 0 saturated heterocycles. The van der Waals surface area contributed by atoms with Gasteiger partial charge in [0.2, 0.25) is 5.91 Å². The maximum atomic E-state index is 15.0. The van der Waals surface area contributed by atoms with Crippen LogP contribution in [0, 0.1) is 11.6 Å². The molecule has 0 aliphatic carbocycles. The summed E-state index contributed by atoms with van der Waals surface area (Å²) >= 11 is 1.33. The first kappa shape index (κ1) is 33.2. The second-order valence-corrected chi connectivity index (χ2v) is 11.2. The van der Waals surface area contributed by atoms with Crippen LogP contribution in [0.1, 0.15) is 18.1 Å². The second kappa shape index (κ2) is 14.1. The summed E-state index contributed by atoms with van der Waals surface area (Å²) in [7, 11) is 1.57. The van der Waals surface area contributed by atoms with Gasteiger partial charge in [-0.15, -0.1) is 11.3 Å². The van der Waals surface area contributed by atoms with Crippen LogP contribution in [0.5, 0.6) is 11.5 Å². The Morgan fingerprint density at radius 3 is 2.43 bits per heavy atom. The Bertz CT molecular complexity index is 1920. The number of thiophene rings is 1. The molecule has 0 aliphatic heterocycles. The molecule has 3 aromatic heterocycles. The third kappa shape index (κ3) is 8.17. The number of fused-ring (bicyclic) bond motifs is 1. The number of halogens is 5. The fourth-order valence-electron chi connectivity index (χ4n) is 4.42. The van der Waals surface area contributed by atoms with E-state index >= 15 is 4.39 Å². The number of hydrogen-bond acceptors (Lipinski definition) is 7. The number of rotatable bonds is 10. The molecule has 0 radical (unpaired) electrons. The predicted octanol–water partition coefficient (Wildman–Crippen LogP) is 8.09. The van der Waals surface area contributed by atoms with Crippen molar-refractivity contribution < 1.29 is 41.0 Å². The molecule has 0 saturated carbocycles. The molecule has 3 amide bonds. The summed E-state index contributed by atoms with van der Waals surface area (Å²) in [5, 5.41) is 4.25. The first-order valence-electron chi connectivity index (χ1n) is 13.9. The van der Waals surface area contributed by atoms with E-state index in [-0.39, 0.29) is 17.3 Å². The summed E-state index contributed by atoms with van der Waals surface area (Å²) in [5.74, 6) is -1.86. The normalized spacial score (nSPS) is 11.4. The van der Waals surface area contributed by atoms with Crippen molar-refractivity contribution in [1.29, 1.82) is 0 Å². The summed E-state index contributed by atoms with van der Waals surface area (Å²) in [6, 6.07) is 11.1. The highest BCUT2D eigenvalue weighted by Crippen LogP contribution is 2.39. The number of ether oxygens (including phenoxy) is 2. The molecular formula is C32H26F5N5O4S. The molecule has 5 aromatic rings. The van der Waals surface area contributed by atoms with E-state index in [1.54, 1.807) is 24.3 Å². The van der Waals surface area contributed by atoms with E-state index in [0.29, 0.717) is 59.6 Å². The van der Waals surface area contributed by atoms with Crippen molar-refractivity contribution in [1.82, 2.24) is 14.9 Å². The van der Waals surface area contributed by atoms with E-state index in [9.17, 15) is 27.2 Å². The van der Waals surface area contributed by atoms with Crippen molar-refractivity contribution in [2.24, 2.45) is 0 Å². The van der Waals surface area contributed by atoms with Crippen molar-refractivity contribution in [3.05, 3.63) is 95.8 Å². The molecular weight excluding hydrogens is 645 g/mol. The number of benzene rings is 2. The number of nitrogens with one attached hydrogen (secondary N) is 2. The monoisotopic (exact) mass is 671 g/mol. The lowest BCUT2D eigenvalue weighted by molar-refractivity contribution is -0.137. The standard InChI is InChI=1S/C32H26F5N5O4S/c1-18(43)42(11-12-45-2)17-19-3-7-24(39-16-19)29-15-26-30(47-29)28(9-10-38-26)46-27-8-5-21(14-23(27)34)40-31(44)41-25-13-20(32(35,36)37)4-6-22(25)33/h3-10,13-16H,11-12,17H2,1-2H3,(H2,40,41,44). The van der Waals surface area contributed by atoms with Gasteiger partial charge in [0.25, 0.3) is 0 Å². The zero-order valence-electron chi connectivity index (χ0n) is 24.8. The molecule has 3 heterocycles. The van der Waals surface area contributed by atoms with Crippen LogP contribution in [0.4, 0.5) is 38.1 Å². The summed E-state index contributed by atoms with van der Waals surface area (Å²) in [5.41, 5.74) is 0.200. The Balaban J connectivity index is 1.27. The minimum absolute atomic E-state index is 0.0577. The van der Waals surface area contributed by atoms with Crippen LogP contribution in [0.3, 0.4) is 0 Å². The highest BCUT2D eigenvalue weighted by molar-refractivity contribution is 7.22. The zero-order valence-corrected chi connectivity index (χ0v) is 25.6. The summed E-state index contributed by atoms with van der Waals surface area (Å²) in [4.78, 5) is 35.6. The number of aromatic nitrogens is 2. The van der Waals surface area contributed by atoms with E-state index in [0.717, 1.165) is 16.5 Å². The third-order valence-electron chi connectivity index (χ3n) is 6.79. The van der Waals surface area contributed by atoms with Gasteiger partial charge >= 0.3 is 12.2 Å². The lowest BCUT2D eigenvalue weighted by Gasteiger charge is -2.20. The number of anilines is 2. The minimum atomic E-state index is -4.74. The number of amides is 3. The third-order valence-corrected chi connectivity index (χ3v) is 7.95. The number of alkyl halides is 3. The van der Waals surface area contributed by atoms with E-state index < -0.39 is 35.1 Å². The van der Waals surface area contributed by atoms with Crippen LogP contribution in [-0.2, 0) is 22.3 Å². The quantitative estimate of drug-likeness (QED) is 0.146. The fraction of sp³-hybridized carbons (Fsp3) is 0.188. The Kier molecular flexibility index (Phi) is 9.96. The molecule has 5 rings (SSSR count). The molecule has 9 nitrogen and oxygen atoms in total. The Hall–Kier alpha value is -5.15. The van der Waals surface area contributed by atoms with Gasteiger partial charge in [-0.25, -0.2) is 13.6 Å². The SMILES string of the molecule is COCCN(Cc1ccc(-c2cc3nccc(Oc4ccc(NC(=O)Nc5cc(C(F)(F)F)ccc5F)cc4F)c3s2)nc1)C(C)=O. The van der Waals surface area contributed by atoms with Crippen LogP contribution in [0.25, 0.3) is 20.8 Å². The van der Waals surface area contributed by atoms with Crippen molar-refractivity contribution in [3.8, 4) is 22.1 Å². The number of pyridine rings is 2. The number of methoxy groups -OCH3 is 1. The summed E-state index contributed by atoms with van der Waals surface area (Å²) in [6.45, 7) is 2.75. The van der Waals surface area contributed by atoms with Crippen molar-refractivity contribution in [2.45, 2.75) is 19.6 Å². The molecule has 244 valence electrons. The topological polar surface area (TPSA) is 106 Å². The average Bonchev–Trinajstić information content (AvgIpc) is 3.47. The van der Waals surface area contributed by atoms with Crippen LogP contribution in [-0.4, -0.2) is 47.1 Å². The van der Waals surface area contributed by atoms with Gasteiger partial charge in [-0.3, -0.25) is 14.8 Å². The predicted molar refractivity (Wildman–Crippen MR) is 166 cm³/mol. The number of nitrogens with zero attached hydrogens (tertiary/aromatic N) is 3. The van der Waals surface area contributed by atoms with E-state index in [1.807, 2.05) is 23.5 Å². The van der Waals surface area contributed by atoms with Gasteiger partial charge in [0.05, 0.1) is 38.6 Å². The number of carbonyl (C=O) groups excluding carboxylic acids is 2. The van der Waals surface area contributed by atoms with Crippen molar-refractivity contribution >= 4 is 44.9 Å². The molecule has 0 bridgehead atoms. The lowest BCUT2D eigenvalue weighted by atomic mass is 10.2. The molecule has 0 spiro atoms. The summed E-state index contributed by atoms with van der Waals surface area (Å²) < 4.78 is 79.5. The van der Waals surface area contributed by atoms with Gasteiger partial charge in [-0.05, 0) is 48.0 Å². The number of carbonyl (C=O) groups is 2. The smallest absolute Gasteiger partial charge is 0.416 e. The molecule has 47 heavy (non-hydrogen) atoms. The zero-order chi connectivity index (χ0) is 33.7. The minimum Gasteiger partial charge on any atom is -0.453 e. The second-order valence-electron chi connectivity index (χ2n) is 10.1. The van der Waals surface area contributed by atoms with Gasteiger partial charge in [-0.2, -0.15) is 13.2 Å². The fourth-order valence-corrected chi connectivity index (χ4v) is 5.46. The van der Waals surface area contributed by atoms with Gasteiger partial charge < -0.3 is 25.0 Å². The molecule has 2 aromatic carbocycles. The Labute approximate surface area is 269 Å². The highest BCUT2D eigenvalue weighted by atomic mass is 32.1. The van der Waals surface area contributed by atoms with Crippen LogP contribution < -0.4 is 15.4 Å². The van der Waals surface area contributed by atoms with Crippen LogP contribution in [0.15, 0.2) is 73.1 Å². The van der Waals surface area contributed by atoms with Gasteiger partial charge in [0, 0.05) is 57.3 Å². The molecule has 15 heteroatoms. The van der Waals surface area contributed by atoms with Crippen molar-refractivity contribution in [3.63, 3.8) is 0 Å². The maximum absolute atomic E-state index is 15.0. The van der Waals surface area contributed by atoms with Crippen LogP contribution in [0.2, 0.25) is 0 Å².